The Labute approximate surface area is 117 Å². The van der Waals surface area contributed by atoms with Gasteiger partial charge in [-0.15, -0.1) is 0 Å². The summed E-state index contributed by atoms with van der Waals surface area (Å²) in [4.78, 5) is 14.4. The number of aliphatic hydroxyl groups is 1. The number of nitrogens with one attached hydrogen (secondary N) is 1. The van der Waals surface area contributed by atoms with Crippen molar-refractivity contribution in [3.63, 3.8) is 0 Å². The number of aliphatic carboxylic acids is 1. The quantitative estimate of drug-likeness (QED) is 0.607. The third-order valence-corrected chi connectivity index (χ3v) is 4.02. The number of aromatic nitrogens is 2. The van der Waals surface area contributed by atoms with Crippen LogP contribution in [0.3, 0.4) is 0 Å². The van der Waals surface area contributed by atoms with Crippen LogP contribution >= 0.6 is 0 Å². The molecule has 0 saturated carbocycles. The first kappa shape index (κ1) is 16.6. The van der Waals surface area contributed by atoms with Crippen molar-refractivity contribution in [3.05, 3.63) is 12.0 Å². The van der Waals surface area contributed by atoms with E-state index in [1.54, 1.807) is 11.5 Å². The summed E-state index contributed by atoms with van der Waals surface area (Å²) in [5.74, 6) is -0.787. The minimum absolute atomic E-state index is 0.103. The number of aryl methyl sites for hydroxylation is 2. The number of aliphatic hydroxyl groups excluding tert-OH is 1. The summed E-state index contributed by atoms with van der Waals surface area (Å²) in [7, 11) is -3.79. The van der Waals surface area contributed by atoms with Crippen LogP contribution in [0.1, 0.15) is 25.6 Å². The summed E-state index contributed by atoms with van der Waals surface area (Å²) in [6, 6.07) is 0. The number of carboxylic acid groups (broad SMARTS) is 1. The molecular weight excluding hydrogens is 286 g/mol. The van der Waals surface area contributed by atoms with Gasteiger partial charge in [0.25, 0.3) is 10.0 Å². The monoisotopic (exact) mass is 305 g/mol. The van der Waals surface area contributed by atoms with Crippen molar-refractivity contribution in [1.82, 2.24) is 14.3 Å². The lowest BCUT2D eigenvalue weighted by atomic mass is 10.3. The molecule has 0 aliphatic rings. The molecule has 0 unspecified atom stereocenters. The molecule has 0 saturated heterocycles. The highest BCUT2D eigenvalue weighted by atomic mass is 32.2. The first-order valence-electron chi connectivity index (χ1n) is 6.22. The second kappa shape index (κ2) is 6.82. The van der Waals surface area contributed by atoms with Crippen molar-refractivity contribution in [2.45, 2.75) is 44.4 Å². The van der Waals surface area contributed by atoms with E-state index >= 15 is 0 Å². The van der Waals surface area contributed by atoms with Crippen molar-refractivity contribution >= 4 is 16.0 Å². The van der Waals surface area contributed by atoms with E-state index in [1.165, 1.54) is 6.20 Å². The average Bonchev–Trinajstić information content (AvgIpc) is 2.72. The number of sulfonamides is 1. The van der Waals surface area contributed by atoms with E-state index < -0.39 is 22.1 Å². The summed E-state index contributed by atoms with van der Waals surface area (Å²) in [5, 5.41) is 17.4. The fraction of sp³-hybridized carbons (Fsp3) is 0.636. The van der Waals surface area contributed by atoms with Crippen molar-refractivity contribution < 1.29 is 23.4 Å². The highest BCUT2D eigenvalue weighted by molar-refractivity contribution is 7.89. The van der Waals surface area contributed by atoms with Gasteiger partial charge >= 0.3 is 5.97 Å². The van der Waals surface area contributed by atoms with Crippen LogP contribution in [0.2, 0.25) is 0 Å². The highest BCUT2D eigenvalue weighted by Crippen LogP contribution is 2.09. The summed E-state index contributed by atoms with van der Waals surface area (Å²) in [6.45, 7) is 4.18. The maximum absolute atomic E-state index is 11.9. The summed E-state index contributed by atoms with van der Waals surface area (Å²) in [6.07, 6.45) is 0.504. The molecule has 0 radical (unpaired) electrons. The molecule has 1 heterocycles. The number of imidazole rings is 1. The van der Waals surface area contributed by atoms with Gasteiger partial charge in [0.2, 0.25) is 0 Å². The number of nitrogens with zero attached hydrogens (tertiary/aromatic N) is 2. The third kappa shape index (κ3) is 4.29. The van der Waals surface area contributed by atoms with Gasteiger partial charge in [-0.1, -0.05) is 6.92 Å². The predicted octanol–water partition coefficient (Wildman–Crippen LogP) is -0.285. The molecule has 0 fully saturated rings. The molecule has 0 aliphatic heterocycles. The van der Waals surface area contributed by atoms with Gasteiger partial charge in [0.05, 0.1) is 0 Å². The lowest BCUT2D eigenvalue weighted by Crippen LogP contribution is -2.30. The minimum atomic E-state index is -3.79. The number of hydrogen-bond acceptors (Lipinski definition) is 5. The minimum Gasteiger partial charge on any atom is -0.479 e. The molecule has 3 N–H and O–H groups in total. The zero-order valence-electron chi connectivity index (χ0n) is 11.4. The Morgan fingerprint density at radius 1 is 1.55 bits per heavy atom. The van der Waals surface area contributed by atoms with E-state index in [9.17, 15) is 13.2 Å². The fourth-order valence-corrected chi connectivity index (χ4v) is 2.66. The van der Waals surface area contributed by atoms with E-state index in [-0.39, 0.29) is 18.0 Å². The van der Waals surface area contributed by atoms with Crippen LogP contribution in [0.4, 0.5) is 0 Å². The Morgan fingerprint density at radius 2 is 2.20 bits per heavy atom. The lowest BCUT2D eigenvalue weighted by Gasteiger charge is -2.06. The highest BCUT2D eigenvalue weighted by Gasteiger charge is 2.20. The normalized spacial score (nSPS) is 13.3. The van der Waals surface area contributed by atoms with Gasteiger partial charge in [-0.2, -0.15) is 0 Å². The molecule has 0 spiro atoms. The fourth-order valence-electron chi connectivity index (χ4n) is 1.60. The van der Waals surface area contributed by atoms with Crippen molar-refractivity contribution in [2.24, 2.45) is 0 Å². The van der Waals surface area contributed by atoms with E-state index in [2.05, 4.69) is 9.71 Å². The van der Waals surface area contributed by atoms with Gasteiger partial charge < -0.3 is 14.8 Å². The van der Waals surface area contributed by atoms with Crippen LogP contribution in [0.15, 0.2) is 11.2 Å². The van der Waals surface area contributed by atoms with Crippen LogP contribution in [0.5, 0.6) is 0 Å². The van der Waals surface area contributed by atoms with Crippen LogP contribution < -0.4 is 4.72 Å². The number of hydrogen-bond donors (Lipinski definition) is 3. The van der Waals surface area contributed by atoms with Gasteiger partial charge in [-0.25, -0.2) is 22.9 Å². The number of rotatable bonds is 8. The van der Waals surface area contributed by atoms with Gasteiger partial charge in [0.1, 0.15) is 5.82 Å². The number of carbonyl (C=O) groups is 1. The first-order valence-corrected chi connectivity index (χ1v) is 7.70. The summed E-state index contributed by atoms with van der Waals surface area (Å²) >= 11 is 0. The first-order chi connectivity index (χ1) is 9.27. The topological polar surface area (TPSA) is 122 Å². The molecule has 1 aromatic heterocycles. The maximum atomic E-state index is 11.9. The van der Waals surface area contributed by atoms with E-state index in [0.29, 0.717) is 12.4 Å². The average molecular weight is 305 g/mol. The maximum Gasteiger partial charge on any atom is 0.332 e. The molecule has 8 nitrogen and oxygen atoms in total. The van der Waals surface area contributed by atoms with E-state index in [1.807, 2.05) is 6.92 Å². The van der Waals surface area contributed by atoms with Crippen LogP contribution in [-0.4, -0.2) is 46.8 Å². The van der Waals surface area contributed by atoms with E-state index in [4.69, 9.17) is 10.2 Å². The molecule has 0 amide bonds. The molecule has 1 atom stereocenters. The van der Waals surface area contributed by atoms with Crippen molar-refractivity contribution in [2.75, 3.05) is 6.54 Å². The van der Waals surface area contributed by atoms with Gasteiger partial charge in [-0.05, 0) is 19.8 Å². The molecule has 1 aromatic rings. The second-order valence-corrected chi connectivity index (χ2v) is 6.07. The van der Waals surface area contributed by atoms with Crippen molar-refractivity contribution in [3.8, 4) is 0 Å². The number of carboxylic acids is 1. The van der Waals surface area contributed by atoms with Gasteiger partial charge in [0.15, 0.2) is 11.1 Å². The van der Waals surface area contributed by atoms with Gasteiger partial charge in [-0.3, -0.25) is 0 Å². The molecule has 0 bridgehead atoms. The Bertz CT molecular complexity index is 567. The Hall–Kier alpha value is -1.45. The molecule has 20 heavy (non-hydrogen) atoms. The molecule has 114 valence electrons. The lowest BCUT2D eigenvalue weighted by molar-refractivity contribution is -0.146. The van der Waals surface area contributed by atoms with Crippen LogP contribution in [0.25, 0.3) is 0 Å². The SMILES string of the molecule is CCCn1cc(S(=O)(=O)NCC[C@H](O)C(=O)O)nc1C. The standard InChI is InChI=1S/C11H19N3O5S/c1-3-6-14-7-10(13-8(14)2)20(18,19)12-5-4-9(15)11(16)17/h7,9,12,15H,3-6H2,1-2H3,(H,16,17)/t9-/m0/s1. The largest absolute Gasteiger partial charge is 0.479 e. The summed E-state index contributed by atoms with van der Waals surface area (Å²) in [5.41, 5.74) is 0. The van der Waals surface area contributed by atoms with Crippen molar-refractivity contribution in [1.29, 1.82) is 0 Å². The zero-order chi connectivity index (χ0) is 15.3. The molecule has 0 aromatic carbocycles. The van der Waals surface area contributed by atoms with Crippen LogP contribution in [0, 0.1) is 6.92 Å². The molecular formula is C11H19N3O5S. The van der Waals surface area contributed by atoms with Crippen LogP contribution in [-0.2, 0) is 21.4 Å². The van der Waals surface area contributed by atoms with E-state index in [0.717, 1.165) is 6.42 Å². The Morgan fingerprint density at radius 3 is 2.75 bits per heavy atom. The van der Waals surface area contributed by atoms with Gasteiger partial charge in [0, 0.05) is 19.3 Å². The zero-order valence-corrected chi connectivity index (χ0v) is 12.2. The predicted molar refractivity (Wildman–Crippen MR) is 70.7 cm³/mol. The molecule has 1 rings (SSSR count). The smallest absolute Gasteiger partial charge is 0.332 e. The Balaban J connectivity index is 2.69. The molecule has 9 heteroatoms. The second-order valence-electron chi connectivity index (χ2n) is 4.36. The third-order valence-electron chi connectivity index (χ3n) is 2.69. The Kier molecular flexibility index (Phi) is 5.66. The molecule has 0 aliphatic carbocycles. The summed E-state index contributed by atoms with van der Waals surface area (Å²) < 4.78 is 27.8.